The summed E-state index contributed by atoms with van der Waals surface area (Å²) in [5.74, 6) is 0.0109. The lowest BCUT2D eigenvalue weighted by Crippen LogP contribution is -2.16. The molecule has 0 radical (unpaired) electrons. The molecule has 0 bridgehead atoms. The van der Waals surface area contributed by atoms with Crippen molar-refractivity contribution in [1.82, 2.24) is 0 Å². The van der Waals surface area contributed by atoms with E-state index in [2.05, 4.69) is 5.32 Å². The number of amides is 1. The maximum absolute atomic E-state index is 12.2. The van der Waals surface area contributed by atoms with E-state index in [1.807, 2.05) is 31.2 Å². The van der Waals surface area contributed by atoms with Crippen LogP contribution in [0.1, 0.15) is 34.4 Å². The van der Waals surface area contributed by atoms with Gasteiger partial charge in [0.1, 0.15) is 0 Å². The molecule has 0 spiro atoms. The van der Waals surface area contributed by atoms with Crippen LogP contribution < -0.4 is 11.1 Å². The fraction of sp³-hybridized carbons (Fsp3) is 0.353. The van der Waals surface area contributed by atoms with Gasteiger partial charge in [-0.2, -0.15) is 0 Å². The third-order valence-corrected chi connectivity index (χ3v) is 5.15. The zero-order valence-electron chi connectivity index (χ0n) is 12.2. The first-order valence-electron chi connectivity index (χ1n) is 7.39. The van der Waals surface area contributed by atoms with Crippen LogP contribution in [0.3, 0.4) is 0 Å². The number of anilines is 2. The summed E-state index contributed by atoms with van der Waals surface area (Å²) in [7, 11) is 0. The van der Waals surface area contributed by atoms with Gasteiger partial charge in [0.15, 0.2) is 0 Å². The lowest BCUT2D eigenvalue weighted by Gasteiger charge is -2.13. The van der Waals surface area contributed by atoms with Crippen molar-refractivity contribution in [2.24, 2.45) is 0 Å². The van der Waals surface area contributed by atoms with Crippen LogP contribution in [0.5, 0.6) is 0 Å². The molecular weight excluding hydrogens is 280 g/mol. The molecule has 3 nitrogen and oxygen atoms in total. The summed E-state index contributed by atoms with van der Waals surface area (Å²) in [5, 5.41) is 3.77. The van der Waals surface area contributed by atoms with Crippen molar-refractivity contribution in [3.63, 3.8) is 0 Å². The second-order valence-corrected chi connectivity index (χ2v) is 6.78. The topological polar surface area (TPSA) is 55.1 Å². The third kappa shape index (κ3) is 3.10. The molecule has 0 atom stereocenters. The van der Waals surface area contributed by atoms with Gasteiger partial charge in [0.2, 0.25) is 5.91 Å². The summed E-state index contributed by atoms with van der Waals surface area (Å²) in [4.78, 5) is 13.6. The molecule has 21 heavy (non-hydrogen) atoms. The summed E-state index contributed by atoms with van der Waals surface area (Å²) in [6, 6.07) is 7.85. The molecule has 1 amide bonds. The van der Waals surface area contributed by atoms with Crippen molar-refractivity contribution in [2.45, 2.75) is 39.0 Å². The van der Waals surface area contributed by atoms with E-state index in [-0.39, 0.29) is 5.91 Å². The number of nitrogens with one attached hydrogen (secondary N) is 1. The summed E-state index contributed by atoms with van der Waals surface area (Å²) in [6.07, 6.45) is 5.00. The average molecular weight is 300 g/mol. The Morgan fingerprint density at radius 2 is 1.95 bits per heavy atom. The molecule has 0 saturated heterocycles. The van der Waals surface area contributed by atoms with Gasteiger partial charge < -0.3 is 11.1 Å². The van der Waals surface area contributed by atoms with Crippen molar-refractivity contribution in [1.29, 1.82) is 0 Å². The molecule has 110 valence electrons. The Labute approximate surface area is 129 Å². The lowest BCUT2D eigenvalue weighted by atomic mass is 9.94. The number of hydrogen-bond donors (Lipinski definition) is 2. The van der Waals surface area contributed by atoms with E-state index in [0.29, 0.717) is 6.42 Å². The van der Waals surface area contributed by atoms with Gasteiger partial charge >= 0.3 is 0 Å². The molecule has 0 aliphatic heterocycles. The Bertz CT molecular complexity index is 658. The molecule has 1 aromatic heterocycles. The van der Waals surface area contributed by atoms with Crippen molar-refractivity contribution < 1.29 is 4.79 Å². The number of hydrogen-bond acceptors (Lipinski definition) is 3. The standard InChI is InChI=1S/C17H20N2OS/c1-11-6-8-12(9-7-11)19-16(20)10-14-13-4-2-3-5-15(13)21-17(14)18/h6-9H,2-5,10,18H2,1H3,(H,19,20). The predicted molar refractivity (Wildman–Crippen MR) is 88.9 cm³/mol. The first-order chi connectivity index (χ1) is 10.1. The summed E-state index contributed by atoms with van der Waals surface area (Å²) >= 11 is 1.66. The van der Waals surface area contributed by atoms with Crippen LogP contribution in [-0.4, -0.2) is 5.91 Å². The highest BCUT2D eigenvalue weighted by Gasteiger charge is 2.21. The SMILES string of the molecule is Cc1ccc(NC(=O)Cc2c(N)sc3c2CCCC3)cc1. The molecule has 2 aromatic rings. The Morgan fingerprint density at radius 1 is 1.24 bits per heavy atom. The van der Waals surface area contributed by atoms with Crippen molar-refractivity contribution in [3.05, 3.63) is 45.8 Å². The van der Waals surface area contributed by atoms with Gasteiger partial charge in [-0.3, -0.25) is 4.79 Å². The van der Waals surface area contributed by atoms with Crippen LogP contribution in [0.2, 0.25) is 0 Å². The zero-order chi connectivity index (χ0) is 14.8. The molecule has 0 saturated carbocycles. The van der Waals surface area contributed by atoms with Gasteiger partial charge in [-0.05, 0) is 55.9 Å². The van der Waals surface area contributed by atoms with Crippen LogP contribution >= 0.6 is 11.3 Å². The molecule has 0 fully saturated rings. The minimum Gasteiger partial charge on any atom is -0.390 e. The van der Waals surface area contributed by atoms with Crippen molar-refractivity contribution in [3.8, 4) is 0 Å². The van der Waals surface area contributed by atoms with E-state index in [4.69, 9.17) is 5.73 Å². The summed E-state index contributed by atoms with van der Waals surface area (Å²) in [5.41, 5.74) is 10.5. The minimum atomic E-state index is 0.0109. The van der Waals surface area contributed by atoms with Gasteiger partial charge in [-0.1, -0.05) is 17.7 Å². The second-order valence-electron chi connectivity index (χ2n) is 5.64. The summed E-state index contributed by atoms with van der Waals surface area (Å²) in [6.45, 7) is 2.03. The molecule has 4 heteroatoms. The highest BCUT2D eigenvalue weighted by Crippen LogP contribution is 2.36. The van der Waals surface area contributed by atoms with Gasteiger partial charge in [0, 0.05) is 10.6 Å². The van der Waals surface area contributed by atoms with Gasteiger partial charge in [-0.25, -0.2) is 0 Å². The monoisotopic (exact) mass is 300 g/mol. The second kappa shape index (κ2) is 5.90. The number of nitrogens with two attached hydrogens (primary N) is 1. The number of thiophene rings is 1. The maximum Gasteiger partial charge on any atom is 0.228 e. The largest absolute Gasteiger partial charge is 0.390 e. The van der Waals surface area contributed by atoms with Gasteiger partial charge in [-0.15, -0.1) is 11.3 Å². The Kier molecular flexibility index (Phi) is 3.97. The van der Waals surface area contributed by atoms with Crippen LogP contribution in [-0.2, 0) is 24.1 Å². The van der Waals surface area contributed by atoms with E-state index < -0.39 is 0 Å². The number of rotatable bonds is 3. The third-order valence-electron chi connectivity index (χ3n) is 3.98. The Balaban J connectivity index is 1.73. The first kappa shape index (κ1) is 14.1. The smallest absolute Gasteiger partial charge is 0.228 e. The number of carbonyl (C=O) groups is 1. The molecule has 1 heterocycles. The van der Waals surface area contributed by atoms with E-state index in [9.17, 15) is 4.79 Å². The van der Waals surface area contributed by atoms with E-state index >= 15 is 0 Å². The van der Waals surface area contributed by atoms with E-state index in [0.717, 1.165) is 29.1 Å². The van der Waals surface area contributed by atoms with E-state index in [1.165, 1.54) is 28.8 Å². The fourth-order valence-electron chi connectivity index (χ4n) is 2.85. The quantitative estimate of drug-likeness (QED) is 0.908. The van der Waals surface area contributed by atoms with Crippen LogP contribution in [0.15, 0.2) is 24.3 Å². The highest BCUT2D eigenvalue weighted by atomic mass is 32.1. The number of aryl methyl sites for hydroxylation is 2. The molecule has 0 unspecified atom stereocenters. The van der Waals surface area contributed by atoms with E-state index in [1.54, 1.807) is 11.3 Å². The molecular formula is C17H20N2OS. The van der Waals surface area contributed by atoms with Crippen LogP contribution in [0, 0.1) is 6.92 Å². The predicted octanol–water partition coefficient (Wildman–Crippen LogP) is 3.70. The number of fused-ring (bicyclic) bond motifs is 1. The maximum atomic E-state index is 12.2. The molecule has 3 N–H and O–H groups in total. The summed E-state index contributed by atoms with van der Waals surface area (Å²) < 4.78 is 0. The number of nitrogen functional groups attached to an aromatic ring is 1. The Hall–Kier alpha value is -1.81. The molecule has 1 aliphatic carbocycles. The van der Waals surface area contributed by atoms with Crippen molar-refractivity contribution >= 4 is 27.9 Å². The normalized spacial score (nSPS) is 13.8. The zero-order valence-corrected chi connectivity index (χ0v) is 13.1. The first-order valence-corrected chi connectivity index (χ1v) is 8.20. The van der Waals surface area contributed by atoms with Gasteiger partial charge in [0.25, 0.3) is 0 Å². The molecule has 3 rings (SSSR count). The Morgan fingerprint density at radius 3 is 2.71 bits per heavy atom. The number of benzene rings is 1. The highest BCUT2D eigenvalue weighted by molar-refractivity contribution is 7.16. The fourth-order valence-corrected chi connectivity index (χ4v) is 4.03. The van der Waals surface area contributed by atoms with Crippen LogP contribution in [0.25, 0.3) is 0 Å². The van der Waals surface area contributed by atoms with Crippen molar-refractivity contribution in [2.75, 3.05) is 11.1 Å². The van der Waals surface area contributed by atoms with Gasteiger partial charge in [0.05, 0.1) is 11.4 Å². The minimum absolute atomic E-state index is 0.0109. The van der Waals surface area contributed by atoms with Crippen LogP contribution in [0.4, 0.5) is 10.7 Å². The lowest BCUT2D eigenvalue weighted by molar-refractivity contribution is -0.115. The molecule has 1 aliphatic rings. The average Bonchev–Trinajstić information content (AvgIpc) is 2.78. The number of carbonyl (C=O) groups excluding carboxylic acids is 1. The molecule has 1 aromatic carbocycles.